The molecule has 0 unspecified atom stereocenters. The van der Waals surface area contributed by atoms with E-state index in [9.17, 15) is 4.79 Å². The van der Waals surface area contributed by atoms with Crippen LogP contribution in [-0.2, 0) is 4.84 Å². The van der Waals surface area contributed by atoms with Crippen LogP contribution >= 0.6 is 11.6 Å². The fourth-order valence-electron chi connectivity index (χ4n) is 1.00. The van der Waals surface area contributed by atoms with Crippen LogP contribution in [0.15, 0.2) is 17.3 Å². The van der Waals surface area contributed by atoms with Crippen LogP contribution in [0.3, 0.4) is 0 Å². The Morgan fingerprint density at radius 2 is 2.33 bits per heavy atom. The maximum atomic E-state index is 10.8. The van der Waals surface area contributed by atoms with Gasteiger partial charge in [-0.1, -0.05) is 16.8 Å². The van der Waals surface area contributed by atoms with Gasteiger partial charge in [-0.05, 0) is 17.7 Å². The summed E-state index contributed by atoms with van der Waals surface area (Å²) in [6, 6.07) is 2.87. The summed E-state index contributed by atoms with van der Waals surface area (Å²) in [5.74, 6) is -1.14. The number of halogens is 1. The van der Waals surface area contributed by atoms with E-state index >= 15 is 0 Å². The molecule has 0 aliphatic carbocycles. The van der Waals surface area contributed by atoms with Gasteiger partial charge < -0.3 is 15.7 Å². The lowest BCUT2D eigenvalue weighted by molar-refractivity contribution is 0.0698. The minimum atomic E-state index is -1.14. The number of carboxylic acid groups (broad SMARTS) is 1. The van der Waals surface area contributed by atoms with Gasteiger partial charge in [-0.3, -0.25) is 0 Å². The number of aromatic carboxylic acids is 1. The topological polar surface area (TPSA) is 84.9 Å². The Hall–Kier alpha value is -1.75. The van der Waals surface area contributed by atoms with Gasteiger partial charge in [-0.25, -0.2) is 4.79 Å². The molecule has 0 fully saturated rings. The Kier molecular flexibility index (Phi) is 3.51. The number of benzene rings is 1. The number of nitrogens with zero attached hydrogens (tertiary/aromatic N) is 1. The lowest BCUT2D eigenvalue weighted by Gasteiger charge is -2.04. The van der Waals surface area contributed by atoms with Crippen LogP contribution in [0.1, 0.15) is 15.9 Å². The second-order valence-electron chi connectivity index (χ2n) is 2.69. The number of nitrogen functional groups attached to an aromatic ring is 1. The van der Waals surface area contributed by atoms with Crippen LogP contribution < -0.4 is 5.73 Å². The van der Waals surface area contributed by atoms with Crippen LogP contribution in [0.25, 0.3) is 0 Å². The van der Waals surface area contributed by atoms with Crippen LogP contribution in [-0.4, -0.2) is 24.4 Å². The molecule has 0 amide bonds. The molecule has 1 aromatic rings. The molecule has 1 aromatic carbocycles. The van der Waals surface area contributed by atoms with Gasteiger partial charge in [-0.15, -0.1) is 0 Å². The number of anilines is 1. The standard InChI is InChI=1S/C9H9ClN2O3/c1-15-12-4-5-2-6(9(13)14)8(11)7(10)3-5/h2-4H,11H2,1H3,(H,13,14). The molecule has 0 aliphatic heterocycles. The molecule has 5 nitrogen and oxygen atoms in total. The van der Waals surface area contributed by atoms with Crippen LogP contribution in [0.4, 0.5) is 5.69 Å². The van der Waals surface area contributed by atoms with E-state index in [1.54, 1.807) is 0 Å². The van der Waals surface area contributed by atoms with Crippen LogP contribution in [0.5, 0.6) is 0 Å². The molecule has 1 rings (SSSR count). The third kappa shape index (κ3) is 2.60. The van der Waals surface area contributed by atoms with E-state index in [-0.39, 0.29) is 16.3 Å². The molecule has 0 aromatic heterocycles. The molecule has 3 N–H and O–H groups in total. The second kappa shape index (κ2) is 4.65. The summed E-state index contributed by atoms with van der Waals surface area (Å²) >= 11 is 5.75. The van der Waals surface area contributed by atoms with Crippen molar-refractivity contribution in [2.75, 3.05) is 12.8 Å². The van der Waals surface area contributed by atoms with Gasteiger partial charge in [0.05, 0.1) is 22.5 Å². The molecule has 0 atom stereocenters. The van der Waals surface area contributed by atoms with Crippen molar-refractivity contribution in [3.8, 4) is 0 Å². The van der Waals surface area contributed by atoms with Crippen LogP contribution in [0.2, 0.25) is 5.02 Å². The van der Waals surface area contributed by atoms with E-state index in [1.165, 1.54) is 25.5 Å². The summed E-state index contributed by atoms with van der Waals surface area (Å²) in [4.78, 5) is 15.2. The maximum Gasteiger partial charge on any atom is 0.337 e. The fourth-order valence-corrected chi connectivity index (χ4v) is 1.23. The first-order valence-corrected chi connectivity index (χ1v) is 4.33. The average Bonchev–Trinajstić information content (AvgIpc) is 2.19. The monoisotopic (exact) mass is 228 g/mol. The number of hydrogen-bond acceptors (Lipinski definition) is 4. The zero-order valence-corrected chi connectivity index (χ0v) is 8.65. The minimum Gasteiger partial charge on any atom is -0.478 e. The number of hydrogen-bond donors (Lipinski definition) is 2. The van der Waals surface area contributed by atoms with E-state index in [2.05, 4.69) is 9.99 Å². The van der Waals surface area contributed by atoms with Gasteiger partial charge in [0.1, 0.15) is 7.11 Å². The molecule has 0 aliphatic rings. The van der Waals surface area contributed by atoms with Crippen molar-refractivity contribution in [2.24, 2.45) is 5.16 Å². The molecule has 0 spiro atoms. The first-order chi connectivity index (χ1) is 7.06. The third-order valence-electron chi connectivity index (χ3n) is 1.69. The maximum absolute atomic E-state index is 10.8. The van der Waals surface area contributed by atoms with Crippen molar-refractivity contribution in [1.82, 2.24) is 0 Å². The van der Waals surface area contributed by atoms with Crippen molar-refractivity contribution in [2.45, 2.75) is 0 Å². The average molecular weight is 229 g/mol. The predicted molar refractivity (Wildman–Crippen MR) is 57.4 cm³/mol. The van der Waals surface area contributed by atoms with E-state index in [0.717, 1.165) is 0 Å². The zero-order valence-electron chi connectivity index (χ0n) is 7.90. The molecule has 15 heavy (non-hydrogen) atoms. The Morgan fingerprint density at radius 1 is 1.67 bits per heavy atom. The van der Waals surface area contributed by atoms with Crippen molar-refractivity contribution >= 4 is 29.5 Å². The minimum absolute atomic E-state index is 0.0405. The fraction of sp³-hybridized carbons (Fsp3) is 0.111. The van der Waals surface area contributed by atoms with Gasteiger partial charge in [0, 0.05) is 0 Å². The van der Waals surface area contributed by atoms with Crippen molar-refractivity contribution in [3.63, 3.8) is 0 Å². The Bertz CT molecular complexity index is 418. The SMILES string of the molecule is CON=Cc1cc(Cl)c(N)c(C(=O)O)c1. The van der Waals surface area contributed by atoms with Gasteiger partial charge in [0.25, 0.3) is 0 Å². The molecule has 0 saturated heterocycles. The van der Waals surface area contributed by atoms with Gasteiger partial charge in [0.15, 0.2) is 0 Å². The van der Waals surface area contributed by atoms with Crippen molar-refractivity contribution in [1.29, 1.82) is 0 Å². The van der Waals surface area contributed by atoms with Gasteiger partial charge >= 0.3 is 5.97 Å². The number of carboxylic acids is 1. The van der Waals surface area contributed by atoms with E-state index in [4.69, 9.17) is 22.4 Å². The molecule has 80 valence electrons. The smallest absolute Gasteiger partial charge is 0.337 e. The normalized spacial score (nSPS) is 10.5. The molecule has 0 radical (unpaired) electrons. The van der Waals surface area contributed by atoms with Crippen LogP contribution in [0, 0.1) is 0 Å². The van der Waals surface area contributed by atoms with Gasteiger partial charge in [0.2, 0.25) is 0 Å². The summed E-state index contributed by atoms with van der Waals surface area (Å²) < 4.78 is 0. The summed E-state index contributed by atoms with van der Waals surface area (Å²) in [6.45, 7) is 0. The molecule has 6 heteroatoms. The lowest BCUT2D eigenvalue weighted by atomic mass is 10.1. The molecule has 0 bridgehead atoms. The van der Waals surface area contributed by atoms with Crippen molar-refractivity contribution in [3.05, 3.63) is 28.3 Å². The second-order valence-corrected chi connectivity index (χ2v) is 3.09. The Labute approximate surface area is 91.1 Å². The number of oxime groups is 1. The predicted octanol–water partition coefficient (Wildman–Crippen LogP) is 1.60. The highest BCUT2D eigenvalue weighted by Gasteiger charge is 2.11. The highest BCUT2D eigenvalue weighted by atomic mass is 35.5. The molecular formula is C9H9ClN2O3. The van der Waals surface area contributed by atoms with E-state index in [1.807, 2.05) is 0 Å². The summed E-state index contributed by atoms with van der Waals surface area (Å²) in [5, 5.41) is 12.5. The quantitative estimate of drug-likeness (QED) is 0.468. The van der Waals surface area contributed by atoms with Gasteiger partial charge in [-0.2, -0.15) is 0 Å². The lowest BCUT2D eigenvalue weighted by Crippen LogP contribution is -2.04. The first kappa shape index (κ1) is 11.3. The van der Waals surface area contributed by atoms with E-state index < -0.39 is 5.97 Å². The summed E-state index contributed by atoms with van der Waals surface area (Å²) in [6.07, 6.45) is 1.34. The molecule has 0 heterocycles. The highest BCUT2D eigenvalue weighted by molar-refractivity contribution is 6.34. The van der Waals surface area contributed by atoms with Crippen molar-refractivity contribution < 1.29 is 14.7 Å². The number of carbonyl (C=O) groups is 1. The largest absolute Gasteiger partial charge is 0.478 e. The highest BCUT2D eigenvalue weighted by Crippen LogP contribution is 2.24. The third-order valence-corrected chi connectivity index (χ3v) is 2.00. The number of rotatable bonds is 3. The molecule has 0 saturated carbocycles. The Morgan fingerprint density at radius 3 is 2.87 bits per heavy atom. The summed E-state index contributed by atoms with van der Waals surface area (Å²) in [5.41, 5.74) is 5.99. The van der Waals surface area contributed by atoms with E-state index in [0.29, 0.717) is 5.56 Å². The Balaban J connectivity index is 3.23. The first-order valence-electron chi connectivity index (χ1n) is 3.95. The summed E-state index contributed by atoms with van der Waals surface area (Å²) in [7, 11) is 1.38. The number of nitrogens with two attached hydrogens (primary N) is 1. The molecular weight excluding hydrogens is 220 g/mol. The zero-order chi connectivity index (χ0) is 11.4.